The first-order valence-corrected chi connectivity index (χ1v) is 9.85. The Hall–Kier alpha value is -2.44. The predicted molar refractivity (Wildman–Crippen MR) is 105 cm³/mol. The Kier molecular flexibility index (Phi) is 6.42. The summed E-state index contributed by atoms with van der Waals surface area (Å²) >= 11 is 0. The van der Waals surface area contributed by atoms with Crippen LogP contribution in [0.5, 0.6) is 0 Å². The molecule has 1 aliphatic heterocycles. The number of aryl methyl sites for hydroxylation is 1. The minimum absolute atomic E-state index is 0.0551. The van der Waals surface area contributed by atoms with Gasteiger partial charge in [-0.15, -0.1) is 0 Å². The minimum atomic E-state index is -0.0956. The highest BCUT2D eigenvalue weighted by Crippen LogP contribution is 2.20. The first kappa shape index (κ1) is 19.3. The molecule has 0 aromatic carbocycles. The molecule has 1 aromatic rings. The average Bonchev–Trinajstić information content (AvgIpc) is 2.68. The summed E-state index contributed by atoms with van der Waals surface area (Å²) in [6.45, 7) is 6.45. The van der Waals surface area contributed by atoms with Crippen LogP contribution in [0.1, 0.15) is 55.2 Å². The molecule has 27 heavy (non-hydrogen) atoms. The molecule has 0 atom stereocenters. The Morgan fingerprint density at radius 2 is 1.85 bits per heavy atom. The highest BCUT2D eigenvalue weighted by Gasteiger charge is 2.24. The van der Waals surface area contributed by atoms with Crippen molar-refractivity contribution in [1.82, 2.24) is 19.8 Å². The molecule has 1 fully saturated rings. The van der Waals surface area contributed by atoms with Crippen molar-refractivity contribution >= 4 is 17.8 Å². The smallest absolute Gasteiger partial charge is 0.272 e. The minimum Gasteiger partial charge on any atom is -0.354 e. The van der Waals surface area contributed by atoms with E-state index in [0.717, 1.165) is 18.7 Å². The van der Waals surface area contributed by atoms with Gasteiger partial charge in [0.25, 0.3) is 5.91 Å². The van der Waals surface area contributed by atoms with Crippen LogP contribution in [0.3, 0.4) is 0 Å². The molecule has 1 aliphatic carbocycles. The van der Waals surface area contributed by atoms with Crippen LogP contribution in [0.15, 0.2) is 17.7 Å². The van der Waals surface area contributed by atoms with Gasteiger partial charge < -0.3 is 15.1 Å². The number of allylic oxidation sites excluding steroid dienone is 1. The Bertz CT molecular complexity index is 723. The van der Waals surface area contributed by atoms with E-state index in [-0.39, 0.29) is 11.8 Å². The fraction of sp³-hybridized carbons (Fsp3) is 0.600. The van der Waals surface area contributed by atoms with Crippen molar-refractivity contribution in [2.45, 2.75) is 46.0 Å². The van der Waals surface area contributed by atoms with E-state index in [9.17, 15) is 9.59 Å². The number of aromatic nitrogens is 2. The molecule has 1 aromatic heterocycles. The van der Waals surface area contributed by atoms with Gasteiger partial charge in [-0.2, -0.15) is 0 Å². The number of hydrogen-bond acceptors (Lipinski definition) is 5. The zero-order valence-corrected chi connectivity index (χ0v) is 16.3. The lowest BCUT2D eigenvalue weighted by molar-refractivity contribution is -0.130. The predicted octanol–water partition coefficient (Wildman–Crippen LogP) is 2.39. The van der Waals surface area contributed by atoms with Gasteiger partial charge in [0.1, 0.15) is 5.69 Å². The second-order valence-electron chi connectivity index (χ2n) is 7.30. The van der Waals surface area contributed by atoms with E-state index < -0.39 is 0 Å². The second kappa shape index (κ2) is 8.97. The molecule has 0 radical (unpaired) electrons. The third kappa shape index (κ3) is 5.28. The van der Waals surface area contributed by atoms with Crippen molar-refractivity contribution in [3.8, 4) is 0 Å². The Morgan fingerprint density at radius 1 is 1.11 bits per heavy atom. The molecule has 7 heteroatoms. The van der Waals surface area contributed by atoms with Gasteiger partial charge in [-0.25, -0.2) is 9.97 Å². The maximum absolute atomic E-state index is 12.8. The van der Waals surface area contributed by atoms with E-state index in [2.05, 4.69) is 21.4 Å². The molecule has 3 rings (SSSR count). The van der Waals surface area contributed by atoms with Crippen LogP contribution in [-0.2, 0) is 4.79 Å². The quantitative estimate of drug-likeness (QED) is 0.804. The SMILES string of the molecule is CC(=O)N1CCN(C(=O)c2cc(C)nc(NCCC3=CCCCC3)n2)CC1. The van der Waals surface area contributed by atoms with E-state index in [0.29, 0.717) is 37.8 Å². The number of carbonyl (C=O) groups is 2. The van der Waals surface area contributed by atoms with Gasteiger partial charge in [0.05, 0.1) is 0 Å². The molecule has 2 heterocycles. The van der Waals surface area contributed by atoms with Crippen molar-refractivity contribution in [2.75, 3.05) is 38.0 Å². The third-order valence-electron chi connectivity index (χ3n) is 5.20. The van der Waals surface area contributed by atoms with Gasteiger partial charge in [0.15, 0.2) is 0 Å². The Morgan fingerprint density at radius 3 is 2.52 bits per heavy atom. The number of nitrogens with zero attached hydrogens (tertiary/aromatic N) is 4. The monoisotopic (exact) mass is 371 g/mol. The maximum Gasteiger partial charge on any atom is 0.272 e. The normalized spacial score (nSPS) is 17.5. The third-order valence-corrected chi connectivity index (χ3v) is 5.20. The van der Waals surface area contributed by atoms with Crippen molar-refractivity contribution in [2.24, 2.45) is 0 Å². The second-order valence-corrected chi connectivity index (χ2v) is 7.30. The molecule has 7 nitrogen and oxygen atoms in total. The summed E-state index contributed by atoms with van der Waals surface area (Å²) in [4.78, 5) is 36.6. The first-order chi connectivity index (χ1) is 13.0. The largest absolute Gasteiger partial charge is 0.354 e. The number of hydrogen-bond donors (Lipinski definition) is 1. The van der Waals surface area contributed by atoms with E-state index in [1.54, 1.807) is 22.8 Å². The van der Waals surface area contributed by atoms with Crippen LogP contribution in [0.2, 0.25) is 0 Å². The highest BCUT2D eigenvalue weighted by molar-refractivity contribution is 5.93. The summed E-state index contributed by atoms with van der Waals surface area (Å²) < 4.78 is 0. The molecule has 1 saturated heterocycles. The standard InChI is InChI=1S/C20H29N5O2/c1-15-14-18(19(27)25-12-10-24(11-13-25)16(2)26)23-20(22-15)21-9-8-17-6-4-3-5-7-17/h6,14H,3-5,7-13H2,1-2H3,(H,21,22,23). The van der Waals surface area contributed by atoms with E-state index in [1.165, 1.54) is 31.3 Å². The van der Waals surface area contributed by atoms with Gasteiger partial charge >= 0.3 is 0 Å². The molecular weight excluding hydrogens is 342 g/mol. The topological polar surface area (TPSA) is 78.4 Å². The number of rotatable bonds is 5. The van der Waals surface area contributed by atoms with Crippen LogP contribution in [0.4, 0.5) is 5.95 Å². The van der Waals surface area contributed by atoms with Crippen LogP contribution >= 0.6 is 0 Å². The van der Waals surface area contributed by atoms with Crippen molar-refractivity contribution in [3.63, 3.8) is 0 Å². The number of nitrogens with one attached hydrogen (secondary N) is 1. The molecule has 0 unspecified atom stereocenters. The molecule has 0 saturated carbocycles. The Balaban J connectivity index is 1.58. The van der Waals surface area contributed by atoms with E-state index >= 15 is 0 Å². The van der Waals surface area contributed by atoms with Gasteiger partial charge in [-0.1, -0.05) is 11.6 Å². The van der Waals surface area contributed by atoms with Crippen LogP contribution < -0.4 is 5.32 Å². The lowest BCUT2D eigenvalue weighted by Gasteiger charge is -2.34. The maximum atomic E-state index is 12.8. The van der Waals surface area contributed by atoms with Gasteiger partial charge in [-0.3, -0.25) is 9.59 Å². The van der Waals surface area contributed by atoms with Crippen molar-refractivity contribution in [3.05, 3.63) is 29.1 Å². The fourth-order valence-corrected chi connectivity index (χ4v) is 3.61. The number of amides is 2. The zero-order chi connectivity index (χ0) is 19.2. The van der Waals surface area contributed by atoms with Crippen LogP contribution in [0.25, 0.3) is 0 Å². The molecule has 2 aliphatic rings. The van der Waals surface area contributed by atoms with Crippen molar-refractivity contribution < 1.29 is 9.59 Å². The summed E-state index contributed by atoms with van der Waals surface area (Å²) in [5, 5.41) is 3.27. The first-order valence-electron chi connectivity index (χ1n) is 9.85. The van der Waals surface area contributed by atoms with Crippen molar-refractivity contribution in [1.29, 1.82) is 0 Å². The number of piperazine rings is 1. The molecule has 2 amide bonds. The Labute approximate surface area is 160 Å². The summed E-state index contributed by atoms with van der Waals surface area (Å²) in [6.07, 6.45) is 8.29. The number of anilines is 1. The summed E-state index contributed by atoms with van der Waals surface area (Å²) in [6, 6.07) is 1.73. The van der Waals surface area contributed by atoms with E-state index in [4.69, 9.17) is 0 Å². The molecular formula is C20H29N5O2. The lowest BCUT2D eigenvalue weighted by atomic mass is 9.97. The summed E-state index contributed by atoms with van der Waals surface area (Å²) in [5.41, 5.74) is 2.69. The molecule has 0 spiro atoms. The van der Waals surface area contributed by atoms with Gasteiger partial charge in [-0.05, 0) is 45.1 Å². The van der Waals surface area contributed by atoms with Gasteiger partial charge in [0.2, 0.25) is 11.9 Å². The van der Waals surface area contributed by atoms with Crippen LogP contribution in [-0.4, -0.2) is 64.3 Å². The average molecular weight is 371 g/mol. The molecule has 146 valence electrons. The van der Waals surface area contributed by atoms with Gasteiger partial charge in [0, 0.05) is 45.3 Å². The van der Waals surface area contributed by atoms with E-state index in [1.807, 2.05) is 6.92 Å². The fourth-order valence-electron chi connectivity index (χ4n) is 3.61. The molecule has 0 bridgehead atoms. The summed E-state index contributed by atoms with van der Waals surface area (Å²) in [5.74, 6) is 0.471. The summed E-state index contributed by atoms with van der Waals surface area (Å²) in [7, 11) is 0. The van der Waals surface area contributed by atoms with Crippen LogP contribution in [0, 0.1) is 6.92 Å². The lowest BCUT2D eigenvalue weighted by Crippen LogP contribution is -2.50. The number of carbonyl (C=O) groups excluding carboxylic acids is 2. The zero-order valence-electron chi connectivity index (χ0n) is 16.3. The molecule has 1 N–H and O–H groups in total. The highest BCUT2D eigenvalue weighted by atomic mass is 16.2.